The van der Waals surface area contributed by atoms with Crippen molar-refractivity contribution in [2.24, 2.45) is 0 Å². The van der Waals surface area contributed by atoms with E-state index in [-0.39, 0.29) is 5.75 Å². The summed E-state index contributed by atoms with van der Waals surface area (Å²) in [4.78, 5) is 10.7. The third kappa shape index (κ3) is 1.82. The fraction of sp³-hybridized carbons (Fsp3) is 0. The van der Waals surface area contributed by atoms with Crippen molar-refractivity contribution in [3.05, 3.63) is 22.2 Å². The first-order valence-corrected chi connectivity index (χ1v) is 4.38. The van der Waals surface area contributed by atoms with E-state index >= 15 is 0 Å². The van der Waals surface area contributed by atoms with Gasteiger partial charge in [0.15, 0.2) is 0 Å². The largest absolute Gasteiger partial charge is 0.507 e. The summed E-state index contributed by atoms with van der Waals surface area (Å²) in [6.45, 7) is 0. The molecule has 0 aliphatic carbocycles. The number of halogens is 2. The molecule has 0 fully saturated rings. The second-order valence-corrected chi connectivity index (χ2v) is 3.59. The second-order valence-electron chi connectivity index (χ2n) is 2.40. The highest BCUT2D eigenvalue weighted by molar-refractivity contribution is 9.10. The van der Waals surface area contributed by atoms with Crippen molar-refractivity contribution in [2.75, 3.05) is 0 Å². The first-order valence-electron chi connectivity index (χ1n) is 3.21. The minimum absolute atomic E-state index is 0.136. The molecule has 0 aromatic heterocycles. The average Bonchev–Trinajstić information content (AvgIpc) is 1.99. The topological polar surface area (TPSA) is 37.3 Å². The molecular formula is C7H5BBrClO2. The van der Waals surface area contributed by atoms with Crippen LogP contribution in [-0.4, -0.2) is 18.2 Å². The van der Waals surface area contributed by atoms with Crippen LogP contribution in [0.15, 0.2) is 16.6 Å². The van der Waals surface area contributed by atoms with Crippen LogP contribution in [0.1, 0.15) is 10.4 Å². The van der Waals surface area contributed by atoms with Gasteiger partial charge < -0.3 is 5.11 Å². The second kappa shape index (κ2) is 3.50. The molecule has 1 aromatic carbocycles. The summed E-state index contributed by atoms with van der Waals surface area (Å²) in [7, 11) is 1.70. The van der Waals surface area contributed by atoms with E-state index in [1.807, 2.05) is 0 Å². The van der Waals surface area contributed by atoms with Gasteiger partial charge in [-0.3, -0.25) is 4.79 Å². The van der Waals surface area contributed by atoms with E-state index < -0.39 is 5.24 Å². The van der Waals surface area contributed by atoms with Gasteiger partial charge in [-0.05, 0) is 39.1 Å². The molecule has 62 valence electrons. The molecule has 2 nitrogen and oxygen atoms in total. The van der Waals surface area contributed by atoms with Gasteiger partial charge >= 0.3 is 0 Å². The van der Waals surface area contributed by atoms with E-state index in [2.05, 4.69) is 15.9 Å². The van der Waals surface area contributed by atoms with Gasteiger partial charge in [0, 0.05) is 5.56 Å². The predicted molar refractivity (Wildman–Crippen MR) is 54.2 cm³/mol. The van der Waals surface area contributed by atoms with E-state index in [9.17, 15) is 9.90 Å². The SMILES string of the molecule is Bc1cc(C(=O)Cl)cc(Br)c1O. The summed E-state index contributed by atoms with van der Waals surface area (Å²) in [5.41, 5.74) is 0.993. The Hall–Kier alpha value is -0.475. The van der Waals surface area contributed by atoms with Gasteiger partial charge in [0.2, 0.25) is 0 Å². The number of phenolic OH excluding ortho intramolecular Hbond substituents is 1. The van der Waals surface area contributed by atoms with Crippen LogP contribution in [0.3, 0.4) is 0 Å². The monoisotopic (exact) mass is 246 g/mol. The van der Waals surface area contributed by atoms with Gasteiger partial charge in [0.05, 0.1) is 4.47 Å². The van der Waals surface area contributed by atoms with Crippen LogP contribution in [0, 0.1) is 0 Å². The Labute approximate surface area is 84.1 Å². The van der Waals surface area contributed by atoms with Gasteiger partial charge in [-0.25, -0.2) is 0 Å². The highest BCUT2D eigenvalue weighted by Gasteiger charge is 2.07. The highest BCUT2D eigenvalue weighted by Crippen LogP contribution is 2.22. The average molecular weight is 247 g/mol. The number of aromatic hydroxyl groups is 1. The highest BCUT2D eigenvalue weighted by atomic mass is 79.9. The molecule has 1 aromatic rings. The van der Waals surface area contributed by atoms with Crippen LogP contribution in [0.25, 0.3) is 0 Å². The Balaban J connectivity index is 3.31. The van der Waals surface area contributed by atoms with Gasteiger partial charge in [-0.1, -0.05) is 6.07 Å². The van der Waals surface area contributed by atoms with Crippen molar-refractivity contribution in [1.82, 2.24) is 0 Å². The van der Waals surface area contributed by atoms with Crippen molar-refractivity contribution in [1.29, 1.82) is 0 Å². The summed E-state index contributed by atoms with van der Waals surface area (Å²) >= 11 is 8.36. The molecule has 1 N–H and O–H groups in total. The molecule has 0 amide bonds. The number of phenols is 1. The number of carbonyl (C=O) groups excluding carboxylic acids is 1. The van der Waals surface area contributed by atoms with Crippen LogP contribution >= 0.6 is 27.5 Å². The number of hydrogen-bond donors (Lipinski definition) is 1. The summed E-state index contributed by atoms with van der Waals surface area (Å²) in [6.07, 6.45) is 0. The minimum Gasteiger partial charge on any atom is -0.507 e. The number of hydrogen-bond acceptors (Lipinski definition) is 2. The lowest BCUT2D eigenvalue weighted by molar-refractivity contribution is 0.108. The Kier molecular flexibility index (Phi) is 2.80. The number of carbonyl (C=O) groups is 1. The van der Waals surface area contributed by atoms with Gasteiger partial charge in [0.25, 0.3) is 5.24 Å². The maximum absolute atomic E-state index is 10.7. The Morgan fingerprint density at radius 1 is 1.58 bits per heavy atom. The lowest BCUT2D eigenvalue weighted by atomic mass is 9.93. The zero-order valence-electron chi connectivity index (χ0n) is 6.27. The molecule has 1 rings (SSSR count). The van der Waals surface area contributed by atoms with E-state index in [0.717, 1.165) is 0 Å². The van der Waals surface area contributed by atoms with E-state index in [0.29, 0.717) is 15.5 Å². The molecule has 0 spiro atoms. The van der Waals surface area contributed by atoms with Crippen molar-refractivity contribution in [3.63, 3.8) is 0 Å². The number of rotatable bonds is 1. The smallest absolute Gasteiger partial charge is 0.252 e. The maximum atomic E-state index is 10.7. The van der Waals surface area contributed by atoms with E-state index in [1.165, 1.54) is 12.1 Å². The van der Waals surface area contributed by atoms with Crippen LogP contribution < -0.4 is 5.46 Å². The lowest BCUT2D eigenvalue weighted by Crippen LogP contribution is -2.06. The molecule has 0 unspecified atom stereocenters. The molecule has 0 atom stereocenters. The standard InChI is InChI=1S/C7H5BBrClO2/c8-4-1-3(7(10)12)2-5(9)6(4)11/h1-2,11H,8H2. The van der Waals surface area contributed by atoms with Crippen LogP contribution in [0.5, 0.6) is 5.75 Å². The molecule has 0 bridgehead atoms. The summed E-state index contributed by atoms with van der Waals surface area (Å²) in [5.74, 6) is 0.136. The lowest BCUT2D eigenvalue weighted by Gasteiger charge is -2.02. The zero-order valence-corrected chi connectivity index (χ0v) is 8.61. The normalized spacial score (nSPS) is 9.83. The molecule has 0 aliphatic rings. The Bertz CT molecular complexity index is 317. The van der Waals surface area contributed by atoms with Crippen LogP contribution in [0.4, 0.5) is 0 Å². The van der Waals surface area contributed by atoms with Gasteiger partial charge in [-0.2, -0.15) is 0 Å². The molecule has 0 heterocycles. The molecule has 0 aliphatic heterocycles. The maximum Gasteiger partial charge on any atom is 0.252 e. The fourth-order valence-corrected chi connectivity index (χ4v) is 1.52. The molecule has 0 saturated heterocycles. The van der Waals surface area contributed by atoms with Gasteiger partial charge in [-0.15, -0.1) is 0 Å². The van der Waals surface area contributed by atoms with Crippen molar-refractivity contribution in [2.45, 2.75) is 0 Å². The number of benzene rings is 1. The predicted octanol–water partition coefficient (Wildman–Crippen LogP) is 0.792. The third-order valence-corrected chi connectivity index (χ3v) is 2.30. The van der Waals surface area contributed by atoms with Gasteiger partial charge in [0.1, 0.15) is 13.6 Å². The van der Waals surface area contributed by atoms with Crippen LogP contribution in [-0.2, 0) is 0 Å². The van der Waals surface area contributed by atoms with Crippen LogP contribution in [0.2, 0.25) is 0 Å². The molecular weight excluding hydrogens is 242 g/mol. The van der Waals surface area contributed by atoms with E-state index in [1.54, 1.807) is 7.85 Å². The Morgan fingerprint density at radius 2 is 2.17 bits per heavy atom. The zero-order chi connectivity index (χ0) is 9.30. The first kappa shape index (κ1) is 9.61. The molecule has 5 heteroatoms. The van der Waals surface area contributed by atoms with E-state index in [4.69, 9.17) is 11.6 Å². The molecule has 0 saturated carbocycles. The molecule has 0 radical (unpaired) electrons. The molecule has 12 heavy (non-hydrogen) atoms. The minimum atomic E-state index is -0.529. The fourth-order valence-electron chi connectivity index (χ4n) is 0.850. The summed E-state index contributed by atoms with van der Waals surface area (Å²) < 4.78 is 0.478. The third-order valence-electron chi connectivity index (χ3n) is 1.48. The van der Waals surface area contributed by atoms with Crippen molar-refractivity contribution < 1.29 is 9.90 Å². The first-order chi connectivity index (χ1) is 5.52. The summed E-state index contributed by atoms with van der Waals surface area (Å²) in [6, 6.07) is 3.02. The van der Waals surface area contributed by atoms with Crippen molar-refractivity contribution in [3.8, 4) is 5.75 Å². The Morgan fingerprint density at radius 3 is 2.58 bits per heavy atom. The summed E-state index contributed by atoms with van der Waals surface area (Å²) in [5, 5.41) is 8.78. The quantitative estimate of drug-likeness (QED) is 0.588. The van der Waals surface area contributed by atoms with Crippen molar-refractivity contribution >= 4 is 46.1 Å².